The number of allylic oxidation sites excluding steroid dienone is 1. The van der Waals surface area contributed by atoms with Crippen LogP contribution in [-0.4, -0.2) is 11.2 Å². The quantitative estimate of drug-likeness (QED) is 0.532. The first-order valence-corrected chi connectivity index (χ1v) is 4.21. The van der Waals surface area contributed by atoms with E-state index in [1.165, 1.54) is 0 Å². The first-order valence-electron chi connectivity index (χ1n) is 4.71. The molecular weight excluding hydrogens is 136 g/mol. The van der Waals surface area contributed by atoms with Gasteiger partial charge in [-0.1, -0.05) is 32.9 Å². The fraction of sp³-hybridized carbons (Fsp3) is 0.800. The molecule has 2 atom stereocenters. The van der Waals surface area contributed by atoms with E-state index in [-0.39, 0.29) is 5.41 Å². The Bertz CT molecular complexity index is 189. The smallest absolute Gasteiger partial charge is 0.0723 e. The third-order valence-electron chi connectivity index (χ3n) is 2.41. The highest BCUT2D eigenvalue weighted by Crippen LogP contribution is 2.34. The summed E-state index contributed by atoms with van der Waals surface area (Å²) in [6.07, 6.45) is 3.75. The van der Waals surface area contributed by atoms with E-state index < -0.39 is 6.08 Å². The van der Waals surface area contributed by atoms with Crippen LogP contribution < -0.4 is 0 Å². The predicted octanol–water partition coefficient (Wildman–Crippen LogP) is 2.36. The molecule has 0 bridgehead atoms. The lowest BCUT2D eigenvalue weighted by Gasteiger charge is -2.33. The molecule has 0 saturated heterocycles. The van der Waals surface area contributed by atoms with Crippen LogP contribution in [0.1, 0.15) is 35.0 Å². The van der Waals surface area contributed by atoms with E-state index in [1.54, 1.807) is 6.08 Å². The van der Waals surface area contributed by atoms with Gasteiger partial charge in [-0.3, -0.25) is 0 Å². The van der Waals surface area contributed by atoms with Crippen LogP contribution in [-0.2, 0) is 0 Å². The molecule has 0 unspecified atom stereocenters. The molecule has 1 rings (SSSR count). The van der Waals surface area contributed by atoms with Gasteiger partial charge in [0.05, 0.1) is 7.45 Å². The molecule has 0 aromatic rings. The van der Waals surface area contributed by atoms with Gasteiger partial charge in [0.15, 0.2) is 0 Å². The summed E-state index contributed by atoms with van der Waals surface area (Å²) in [7, 11) is 0. The maximum Gasteiger partial charge on any atom is 0.0723 e. The molecule has 1 aliphatic carbocycles. The van der Waals surface area contributed by atoms with Crippen LogP contribution in [0.4, 0.5) is 0 Å². The van der Waals surface area contributed by atoms with Crippen LogP contribution in [0.25, 0.3) is 0 Å². The summed E-state index contributed by atoms with van der Waals surface area (Å²) in [5, 5.41) is 9.49. The summed E-state index contributed by atoms with van der Waals surface area (Å²) in [6, 6.07) is 0. The molecule has 0 heterocycles. The van der Waals surface area contributed by atoms with Crippen LogP contribution in [0.15, 0.2) is 12.2 Å². The molecule has 0 fully saturated rings. The SMILES string of the molecule is [2H][C@]1(O)C=CC[C@@H](C(C)(C)C)C1. The van der Waals surface area contributed by atoms with Crippen molar-refractivity contribution in [1.29, 1.82) is 0 Å². The largest absolute Gasteiger partial charge is 0.389 e. The standard InChI is InChI=1S/C10H18O/c1-10(2,3)8-5-4-6-9(11)7-8/h4,6,8-9,11H,5,7H2,1-3H3/t8-,9+/m1/s1/i9D. The van der Waals surface area contributed by atoms with Gasteiger partial charge in [0.25, 0.3) is 0 Å². The highest BCUT2D eigenvalue weighted by Gasteiger charge is 2.27. The second-order valence-electron chi connectivity index (χ2n) is 4.40. The molecule has 0 aromatic carbocycles. The van der Waals surface area contributed by atoms with Crippen molar-refractivity contribution in [3.63, 3.8) is 0 Å². The van der Waals surface area contributed by atoms with Crippen LogP contribution in [0.3, 0.4) is 0 Å². The van der Waals surface area contributed by atoms with Gasteiger partial charge in [-0.2, -0.15) is 0 Å². The minimum atomic E-state index is -1.32. The van der Waals surface area contributed by atoms with Crippen molar-refractivity contribution in [2.75, 3.05) is 0 Å². The molecule has 1 aliphatic rings. The number of hydrogen-bond donors (Lipinski definition) is 1. The molecule has 0 spiro atoms. The van der Waals surface area contributed by atoms with Gasteiger partial charge >= 0.3 is 0 Å². The lowest BCUT2D eigenvalue weighted by atomic mass is 9.74. The maximum atomic E-state index is 9.49. The van der Waals surface area contributed by atoms with Gasteiger partial charge in [0, 0.05) is 0 Å². The third-order valence-corrected chi connectivity index (χ3v) is 2.41. The number of aliphatic hydroxyl groups is 1. The summed E-state index contributed by atoms with van der Waals surface area (Å²) in [5.41, 5.74) is 0.194. The monoisotopic (exact) mass is 155 g/mol. The van der Waals surface area contributed by atoms with Gasteiger partial charge in [-0.15, -0.1) is 0 Å². The Morgan fingerprint density at radius 3 is 2.55 bits per heavy atom. The molecule has 11 heavy (non-hydrogen) atoms. The summed E-state index contributed by atoms with van der Waals surface area (Å²) in [6.45, 7) is 6.48. The summed E-state index contributed by atoms with van der Waals surface area (Å²) < 4.78 is 7.51. The van der Waals surface area contributed by atoms with Gasteiger partial charge in [-0.25, -0.2) is 0 Å². The summed E-state index contributed by atoms with van der Waals surface area (Å²) in [4.78, 5) is 0. The van der Waals surface area contributed by atoms with Crippen LogP contribution in [0, 0.1) is 11.3 Å². The van der Waals surface area contributed by atoms with E-state index in [2.05, 4.69) is 20.8 Å². The Morgan fingerprint density at radius 2 is 2.18 bits per heavy atom. The summed E-state index contributed by atoms with van der Waals surface area (Å²) in [5.74, 6) is 0.421. The molecular formula is C10H18O. The highest BCUT2D eigenvalue weighted by atomic mass is 16.3. The first kappa shape index (κ1) is 7.35. The summed E-state index contributed by atoms with van der Waals surface area (Å²) >= 11 is 0. The molecule has 64 valence electrons. The number of rotatable bonds is 0. The predicted molar refractivity (Wildman–Crippen MR) is 47.3 cm³/mol. The Morgan fingerprint density at radius 1 is 1.55 bits per heavy atom. The molecule has 0 aliphatic heterocycles. The molecule has 1 nitrogen and oxygen atoms in total. The van der Waals surface area contributed by atoms with Crippen molar-refractivity contribution < 1.29 is 6.48 Å². The zero-order valence-corrected chi connectivity index (χ0v) is 7.59. The Balaban J connectivity index is 2.69. The van der Waals surface area contributed by atoms with E-state index in [4.69, 9.17) is 1.37 Å². The van der Waals surface area contributed by atoms with Crippen molar-refractivity contribution in [3.05, 3.63) is 12.2 Å². The van der Waals surface area contributed by atoms with E-state index in [9.17, 15) is 5.11 Å². The molecule has 1 N–H and O–H groups in total. The fourth-order valence-electron chi connectivity index (χ4n) is 1.43. The van der Waals surface area contributed by atoms with Gasteiger partial charge in [-0.05, 0) is 24.2 Å². The molecule has 0 amide bonds. The normalized spacial score (nSPS) is 40.4. The molecule has 0 saturated carbocycles. The Kier molecular flexibility index (Phi) is 1.99. The molecule has 0 radical (unpaired) electrons. The van der Waals surface area contributed by atoms with E-state index in [0.717, 1.165) is 6.42 Å². The zero-order chi connectivity index (χ0) is 9.41. The van der Waals surface area contributed by atoms with Crippen LogP contribution in [0.2, 0.25) is 0 Å². The number of hydrogen-bond acceptors (Lipinski definition) is 1. The average molecular weight is 155 g/mol. The third kappa shape index (κ3) is 2.33. The minimum absolute atomic E-state index is 0.194. The highest BCUT2D eigenvalue weighted by molar-refractivity contribution is 4.98. The van der Waals surface area contributed by atoms with E-state index in [1.807, 2.05) is 6.08 Å². The van der Waals surface area contributed by atoms with E-state index in [0.29, 0.717) is 12.3 Å². The average Bonchev–Trinajstić information content (AvgIpc) is 1.83. The van der Waals surface area contributed by atoms with Crippen LogP contribution >= 0.6 is 0 Å². The first-order chi connectivity index (χ1) is 5.31. The van der Waals surface area contributed by atoms with Gasteiger partial charge in [0.1, 0.15) is 0 Å². The Hall–Kier alpha value is -0.300. The van der Waals surface area contributed by atoms with E-state index >= 15 is 0 Å². The lowest BCUT2D eigenvalue weighted by Crippen LogP contribution is -2.26. The Labute approximate surface area is 70.5 Å². The van der Waals surface area contributed by atoms with Crippen molar-refractivity contribution in [3.8, 4) is 0 Å². The van der Waals surface area contributed by atoms with Crippen LogP contribution in [0.5, 0.6) is 0 Å². The van der Waals surface area contributed by atoms with Crippen molar-refractivity contribution in [2.24, 2.45) is 11.3 Å². The van der Waals surface area contributed by atoms with Gasteiger partial charge < -0.3 is 5.11 Å². The molecule has 0 aromatic heterocycles. The lowest BCUT2D eigenvalue weighted by molar-refractivity contribution is 0.124. The second kappa shape index (κ2) is 2.98. The second-order valence-corrected chi connectivity index (χ2v) is 4.40. The van der Waals surface area contributed by atoms with Crippen molar-refractivity contribution in [1.82, 2.24) is 0 Å². The topological polar surface area (TPSA) is 20.2 Å². The molecule has 1 heteroatoms. The minimum Gasteiger partial charge on any atom is -0.389 e. The maximum absolute atomic E-state index is 9.49. The van der Waals surface area contributed by atoms with Crippen molar-refractivity contribution in [2.45, 2.75) is 39.7 Å². The van der Waals surface area contributed by atoms with Gasteiger partial charge in [0.2, 0.25) is 0 Å². The fourth-order valence-corrected chi connectivity index (χ4v) is 1.43. The zero-order valence-electron chi connectivity index (χ0n) is 8.59. The van der Waals surface area contributed by atoms with Crippen molar-refractivity contribution >= 4 is 0 Å².